The van der Waals surface area contributed by atoms with Crippen LogP contribution in [0.1, 0.15) is 41.3 Å². The number of anilines is 2. The van der Waals surface area contributed by atoms with Crippen molar-refractivity contribution in [3.63, 3.8) is 0 Å². The maximum absolute atomic E-state index is 13.4. The van der Waals surface area contributed by atoms with E-state index in [-0.39, 0.29) is 11.8 Å². The van der Waals surface area contributed by atoms with Gasteiger partial charge >= 0.3 is 0 Å². The van der Waals surface area contributed by atoms with Gasteiger partial charge in [-0.05, 0) is 79.1 Å². The second-order valence-electron chi connectivity index (χ2n) is 7.94. The minimum absolute atomic E-state index is 0.291. The van der Waals surface area contributed by atoms with Crippen molar-refractivity contribution in [3.8, 4) is 0 Å². The van der Waals surface area contributed by atoms with E-state index in [1.165, 1.54) is 21.8 Å². The number of thiophene rings is 1. The Bertz CT molecular complexity index is 1120. The number of amides is 2. The molecule has 0 radical (unpaired) electrons. The Morgan fingerprint density at radius 3 is 2.26 bits per heavy atom. The summed E-state index contributed by atoms with van der Waals surface area (Å²) in [5, 5.41) is 5.17. The molecule has 2 heterocycles. The van der Waals surface area contributed by atoms with Crippen molar-refractivity contribution < 1.29 is 9.59 Å². The fraction of sp³-hybridized carbons (Fsp3) is 0.231. The van der Waals surface area contributed by atoms with Gasteiger partial charge < -0.3 is 5.32 Å². The van der Waals surface area contributed by atoms with E-state index in [4.69, 9.17) is 0 Å². The molecular formula is C26H26N2O2S. The number of benzene rings is 2. The first kappa shape index (κ1) is 21.1. The van der Waals surface area contributed by atoms with Crippen molar-refractivity contribution in [3.05, 3.63) is 87.2 Å². The van der Waals surface area contributed by atoms with Gasteiger partial charge in [0.15, 0.2) is 0 Å². The number of carbonyl (C=O) groups is 2. The molecule has 1 aliphatic rings. The van der Waals surface area contributed by atoms with E-state index in [0.29, 0.717) is 17.0 Å². The summed E-state index contributed by atoms with van der Waals surface area (Å²) in [5.74, 6) is -0.616. The molecule has 0 saturated carbocycles. The van der Waals surface area contributed by atoms with Crippen molar-refractivity contribution in [2.24, 2.45) is 0 Å². The second kappa shape index (κ2) is 8.90. The van der Waals surface area contributed by atoms with E-state index < -0.39 is 0 Å². The molecule has 0 atom stereocenters. The van der Waals surface area contributed by atoms with Crippen molar-refractivity contribution in [1.82, 2.24) is 0 Å². The molecule has 0 spiro atoms. The number of nitrogens with zero attached hydrogens (tertiary/aromatic N) is 1. The van der Waals surface area contributed by atoms with Gasteiger partial charge in [0.25, 0.3) is 11.8 Å². The fourth-order valence-corrected chi connectivity index (χ4v) is 4.68. The highest BCUT2D eigenvalue weighted by Crippen LogP contribution is 2.35. The lowest BCUT2D eigenvalue weighted by Gasteiger charge is -2.16. The summed E-state index contributed by atoms with van der Waals surface area (Å²) in [7, 11) is 0. The first-order valence-corrected chi connectivity index (χ1v) is 11.5. The predicted octanol–water partition coefficient (Wildman–Crippen LogP) is 6.10. The van der Waals surface area contributed by atoms with Crippen LogP contribution in [0.4, 0.5) is 11.4 Å². The van der Waals surface area contributed by atoms with Gasteiger partial charge in [0.05, 0.1) is 11.3 Å². The van der Waals surface area contributed by atoms with E-state index in [1.807, 2.05) is 67.8 Å². The van der Waals surface area contributed by atoms with Crippen LogP contribution >= 0.6 is 11.3 Å². The third-order valence-corrected chi connectivity index (χ3v) is 6.24. The quantitative estimate of drug-likeness (QED) is 0.461. The van der Waals surface area contributed by atoms with Crippen LogP contribution in [0.15, 0.2) is 65.7 Å². The summed E-state index contributed by atoms with van der Waals surface area (Å²) in [5.41, 5.74) is 5.56. The predicted molar refractivity (Wildman–Crippen MR) is 128 cm³/mol. The fourth-order valence-electron chi connectivity index (χ4n) is 3.91. The summed E-state index contributed by atoms with van der Waals surface area (Å²) >= 11 is 1.46. The number of carbonyl (C=O) groups excluding carboxylic acids is 2. The first-order chi connectivity index (χ1) is 15.0. The van der Waals surface area contributed by atoms with E-state index in [2.05, 4.69) is 18.3 Å². The lowest BCUT2D eigenvalue weighted by molar-refractivity contribution is -0.120. The van der Waals surface area contributed by atoms with Gasteiger partial charge in [0, 0.05) is 10.6 Å². The highest BCUT2D eigenvalue weighted by Gasteiger charge is 2.40. The lowest BCUT2D eigenvalue weighted by Crippen LogP contribution is -2.32. The molecular weight excluding hydrogens is 404 g/mol. The Kier molecular flexibility index (Phi) is 6.05. The second-order valence-corrected chi connectivity index (χ2v) is 8.89. The van der Waals surface area contributed by atoms with Crippen LogP contribution in [-0.2, 0) is 16.0 Å². The average Bonchev–Trinajstić information content (AvgIpc) is 3.33. The molecule has 1 N–H and O–H groups in total. The molecule has 1 aromatic heterocycles. The largest absolute Gasteiger partial charge is 0.350 e. The Hall–Kier alpha value is -3.18. The van der Waals surface area contributed by atoms with Crippen LogP contribution in [0.25, 0.3) is 5.57 Å². The smallest absolute Gasteiger partial charge is 0.282 e. The Labute approximate surface area is 187 Å². The summed E-state index contributed by atoms with van der Waals surface area (Å²) in [6.45, 7) is 6.19. The molecule has 158 valence electrons. The van der Waals surface area contributed by atoms with E-state index in [1.54, 1.807) is 0 Å². The lowest BCUT2D eigenvalue weighted by atomic mass is 10.1. The Morgan fingerprint density at radius 2 is 1.65 bits per heavy atom. The minimum atomic E-state index is -0.325. The average molecular weight is 431 g/mol. The molecule has 0 fully saturated rings. The number of hydrogen-bond donors (Lipinski definition) is 1. The van der Waals surface area contributed by atoms with Crippen molar-refractivity contribution in [2.45, 2.75) is 40.0 Å². The number of rotatable bonds is 7. The van der Waals surface area contributed by atoms with Crippen LogP contribution in [0.3, 0.4) is 0 Å². The highest BCUT2D eigenvalue weighted by atomic mass is 32.1. The minimum Gasteiger partial charge on any atom is -0.350 e. The molecule has 2 aromatic carbocycles. The molecule has 3 aromatic rings. The van der Waals surface area contributed by atoms with Crippen molar-refractivity contribution >= 4 is 40.1 Å². The van der Waals surface area contributed by atoms with E-state index >= 15 is 0 Å². The van der Waals surface area contributed by atoms with E-state index in [0.717, 1.165) is 41.0 Å². The van der Waals surface area contributed by atoms with Gasteiger partial charge in [0.2, 0.25) is 0 Å². The first-order valence-electron chi connectivity index (χ1n) is 10.6. The molecule has 4 rings (SSSR count). The number of unbranched alkanes of at least 4 members (excludes halogenated alkanes) is 1. The summed E-state index contributed by atoms with van der Waals surface area (Å²) in [4.78, 5) is 28.9. The van der Waals surface area contributed by atoms with Crippen molar-refractivity contribution in [2.75, 3.05) is 10.2 Å². The Balaban J connectivity index is 1.71. The molecule has 2 amide bonds. The molecule has 0 bridgehead atoms. The van der Waals surface area contributed by atoms with Crippen molar-refractivity contribution in [1.29, 1.82) is 0 Å². The van der Waals surface area contributed by atoms with Gasteiger partial charge in [-0.15, -0.1) is 11.3 Å². The monoisotopic (exact) mass is 430 g/mol. The molecule has 5 heteroatoms. The van der Waals surface area contributed by atoms with Crippen LogP contribution in [0, 0.1) is 13.8 Å². The third kappa shape index (κ3) is 4.32. The zero-order valence-corrected chi connectivity index (χ0v) is 18.9. The van der Waals surface area contributed by atoms with Gasteiger partial charge in [0.1, 0.15) is 5.70 Å². The van der Waals surface area contributed by atoms with Gasteiger partial charge in [-0.1, -0.05) is 37.6 Å². The van der Waals surface area contributed by atoms with Crippen LogP contribution in [0.2, 0.25) is 0 Å². The topological polar surface area (TPSA) is 49.4 Å². The molecule has 0 aliphatic carbocycles. The summed E-state index contributed by atoms with van der Waals surface area (Å²) < 4.78 is 0. The number of hydrogen-bond acceptors (Lipinski definition) is 4. The Morgan fingerprint density at radius 1 is 0.935 bits per heavy atom. The number of nitrogens with one attached hydrogen (secondary N) is 1. The molecule has 31 heavy (non-hydrogen) atoms. The SMILES string of the molecule is CCCCc1ccc(N2C(=O)C(Nc3cc(C)cc(C)c3)=C(c3cccs3)C2=O)cc1. The molecule has 4 nitrogen and oxygen atoms in total. The molecule has 0 saturated heterocycles. The molecule has 0 unspecified atom stereocenters. The van der Waals surface area contributed by atoms with E-state index in [9.17, 15) is 9.59 Å². The van der Waals surface area contributed by atoms with Crippen LogP contribution in [0.5, 0.6) is 0 Å². The van der Waals surface area contributed by atoms with Crippen LogP contribution in [-0.4, -0.2) is 11.8 Å². The number of imide groups is 1. The third-order valence-electron chi connectivity index (χ3n) is 5.36. The molecule has 1 aliphatic heterocycles. The zero-order chi connectivity index (χ0) is 22.0. The summed E-state index contributed by atoms with van der Waals surface area (Å²) in [6, 6.07) is 17.6. The zero-order valence-electron chi connectivity index (χ0n) is 18.1. The maximum Gasteiger partial charge on any atom is 0.282 e. The number of aryl methyl sites for hydroxylation is 3. The van der Waals surface area contributed by atoms with Gasteiger partial charge in [-0.2, -0.15) is 0 Å². The highest BCUT2D eigenvalue weighted by molar-refractivity contribution is 7.11. The normalized spacial score (nSPS) is 14.0. The maximum atomic E-state index is 13.4. The summed E-state index contributed by atoms with van der Waals surface area (Å²) in [6.07, 6.45) is 3.25. The van der Waals surface area contributed by atoms with Gasteiger partial charge in [-0.25, -0.2) is 4.90 Å². The standard InChI is InChI=1S/C26H26N2O2S/c1-4-5-7-19-9-11-21(12-10-19)28-25(29)23(22-8-6-13-31-22)24(26(28)30)27-20-15-17(2)14-18(3)16-20/h6,8-16,27H,4-5,7H2,1-3H3. The van der Waals surface area contributed by atoms with Gasteiger partial charge in [-0.3, -0.25) is 9.59 Å². The van der Waals surface area contributed by atoms with Crippen LogP contribution < -0.4 is 10.2 Å².